The molecule has 68 valence electrons. The minimum Gasteiger partial charge on any atom is -0.328 e. The van der Waals surface area contributed by atoms with Crippen molar-refractivity contribution in [3.8, 4) is 0 Å². The van der Waals surface area contributed by atoms with E-state index in [0.29, 0.717) is 12.7 Å². The Morgan fingerprint density at radius 2 is 2.08 bits per heavy atom. The lowest BCUT2D eigenvalue weighted by Crippen LogP contribution is -1.99. The van der Waals surface area contributed by atoms with Crippen LogP contribution in [0.15, 0.2) is 12.1 Å². The summed E-state index contributed by atoms with van der Waals surface area (Å²) >= 11 is 5.43. The number of hydrogen-bond acceptors (Lipinski definition) is 2. The number of carbonyl (C=O) groups is 2. The van der Waals surface area contributed by atoms with Crippen LogP contribution in [0.25, 0.3) is 0 Å². The SMILES string of the molecule is O=CNc1cc(Cl)c(F)cc1C=O. The van der Waals surface area contributed by atoms with E-state index in [2.05, 4.69) is 5.32 Å². The topological polar surface area (TPSA) is 46.2 Å². The maximum absolute atomic E-state index is 12.8. The largest absolute Gasteiger partial charge is 0.328 e. The Hall–Kier alpha value is -1.42. The van der Waals surface area contributed by atoms with Crippen molar-refractivity contribution < 1.29 is 14.0 Å². The minimum atomic E-state index is -0.694. The molecule has 0 spiro atoms. The molecular weight excluding hydrogens is 197 g/mol. The Balaban J connectivity index is 3.23. The number of hydrogen-bond donors (Lipinski definition) is 1. The highest BCUT2D eigenvalue weighted by molar-refractivity contribution is 6.31. The molecule has 0 saturated carbocycles. The molecule has 0 saturated heterocycles. The molecule has 3 nitrogen and oxygen atoms in total. The monoisotopic (exact) mass is 201 g/mol. The highest BCUT2D eigenvalue weighted by Gasteiger charge is 2.06. The van der Waals surface area contributed by atoms with Gasteiger partial charge in [0.15, 0.2) is 6.29 Å². The van der Waals surface area contributed by atoms with Gasteiger partial charge < -0.3 is 5.32 Å². The molecule has 0 aromatic heterocycles. The van der Waals surface area contributed by atoms with Crippen LogP contribution in [0.4, 0.5) is 10.1 Å². The molecule has 0 fully saturated rings. The summed E-state index contributed by atoms with van der Waals surface area (Å²) in [5.41, 5.74) is 0.241. The van der Waals surface area contributed by atoms with E-state index < -0.39 is 5.82 Å². The lowest BCUT2D eigenvalue weighted by molar-refractivity contribution is -0.105. The molecule has 0 heterocycles. The molecule has 5 heteroatoms. The summed E-state index contributed by atoms with van der Waals surface area (Å²) in [6.45, 7) is 0. The molecule has 0 aliphatic carbocycles. The quantitative estimate of drug-likeness (QED) is 0.759. The van der Waals surface area contributed by atoms with E-state index in [1.54, 1.807) is 0 Å². The Morgan fingerprint density at radius 1 is 1.38 bits per heavy atom. The minimum absolute atomic E-state index is 0.0500. The third-order valence-corrected chi connectivity index (χ3v) is 1.72. The number of carbonyl (C=O) groups excluding carboxylic acids is 2. The van der Waals surface area contributed by atoms with Crippen LogP contribution >= 0.6 is 11.6 Å². The van der Waals surface area contributed by atoms with Crippen LogP contribution in [0.5, 0.6) is 0 Å². The smallest absolute Gasteiger partial charge is 0.211 e. The summed E-state index contributed by atoms with van der Waals surface area (Å²) in [5.74, 6) is -0.694. The second-order valence-electron chi connectivity index (χ2n) is 2.23. The highest BCUT2D eigenvalue weighted by Crippen LogP contribution is 2.22. The van der Waals surface area contributed by atoms with E-state index in [9.17, 15) is 14.0 Å². The second-order valence-corrected chi connectivity index (χ2v) is 2.64. The zero-order chi connectivity index (χ0) is 9.84. The van der Waals surface area contributed by atoms with Gasteiger partial charge in [0.1, 0.15) is 5.82 Å². The average molecular weight is 202 g/mol. The van der Waals surface area contributed by atoms with Gasteiger partial charge in [0.25, 0.3) is 0 Å². The van der Waals surface area contributed by atoms with E-state index in [-0.39, 0.29) is 16.3 Å². The van der Waals surface area contributed by atoms with Gasteiger partial charge in [-0.05, 0) is 12.1 Å². The fourth-order valence-electron chi connectivity index (χ4n) is 0.848. The van der Waals surface area contributed by atoms with Gasteiger partial charge in [-0.2, -0.15) is 0 Å². The molecule has 1 aromatic carbocycles. The summed E-state index contributed by atoms with van der Waals surface area (Å²) in [4.78, 5) is 20.5. The van der Waals surface area contributed by atoms with E-state index in [0.717, 1.165) is 6.07 Å². The molecular formula is C8H5ClFNO2. The molecule has 0 aliphatic heterocycles. The van der Waals surface area contributed by atoms with Crippen LogP contribution in [-0.4, -0.2) is 12.7 Å². The van der Waals surface area contributed by atoms with E-state index >= 15 is 0 Å². The third kappa shape index (κ3) is 2.03. The lowest BCUT2D eigenvalue weighted by Gasteiger charge is -2.03. The van der Waals surface area contributed by atoms with Crippen molar-refractivity contribution in [2.24, 2.45) is 0 Å². The average Bonchev–Trinajstić information content (AvgIpc) is 2.11. The van der Waals surface area contributed by atoms with Crippen LogP contribution in [0.1, 0.15) is 10.4 Å². The van der Waals surface area contributed by atoms with Crippen molar-refractivity contribution in [3.05, 3.63) is 28.5 Å². The molecule has 0 aliphatic rings. The molecule has 0 atom stereocenters. The zero-order valence-electron chi connectivity index (χ0n) is 6.38. The van der Waals surface area contributed by atoms with E-state index in [4.69, 9.17) is 11.6 Å². The zero-order valence-corrected chi connectivity index (χ0v) is 7.14. The summed E-state index contributed by atoms with van der Waals surface area (Å²) in [7, 11) is 0. The molecule has 13 heavy (non-hydrogen) atoms. The molecule has 0 bridgehead atoms. The Labute approximate surface area is 78.5 Å². The summed E-state index contributed by atoms with van der Waals surface area (Å²) in [5, 5.41) is 2.09. The predicted octanol–water partition coefficient (Wildman–Crippen LogP) is 1.86. The number of rotatable bonds is 3. The van der Waals surface area contributed by atoms with Crippen molar-refractivity contribution in [2.75, 3.05) is 5.32 Å². The first-order valence-electron chi connectivity index (χ1n) is 3.33. The summed E-state index contributed by atoms with van der Waals surface area (Å²) < 4.78 is 12.8. The van der Waals surface area contributed by atoms with Crippen molar-refractivity contribution in [1.29, 1.82) is 0 Å². The highest BCUT2D eigenvalue weighted by atomic mass is 35.5. The van der Waals surface area contributed by atoms with Crippen LogP contribution in [-0.2, 0) is 4.79 Å². The molecule has 1 aromatic rings. The summed E-state index contributed by atoms with van der Waals surface area (Å²) in [6, 6.07) is 2.14. The predicted molar refractivity (Wildman–Crippen MR) is 46.5 cm³/mol. The van der Waals surface area contributed by atoms with Crippen molar-refractivity contribution in [2.45, 2.75) is 0 Å². The Morgan fingerprint density at radius 3 is 2.62 bits per heavy atom. The Kier molecular flexibility index (Phi) is 2.97. The molecule has 1 N–H and O–H groups in total. The van der Waals surface area contributed by atoms with Crippen LogP contribution in [0.2, 0.25) is 5.02 Å². The first kappa shape index (κ1) is 9.67. The van der Waals surface area contributed by atoms with Gasteiger partial charge in [0, 0.05) is 5.56 Å². The van der Waals surface area contributed by atoms with Gasteiger partial charge in [-0.1, -0.05) is 11.6 Å². The number of benzene rings is 1. The molecule has 0 radical (unpaired) electrons. The van der Waals surface area contributed by atoms with Gasteiger partial charge in [0.05, 0.1) is 10.7 Å². The molecule has 1 rings (SSSR count). The van der Waals surface area contributed by atoms with Crippen molar-refractivity contribution in [3.63, 3.8) is 0 Å². The second kappa shape index (κ2) is 4.00. The van der Waals surface area contributed by atoms with Crippen LogP contribution < -0.4 is 5.32 Å². The summed E-state index contributed by atoms with van der Waals surface area (Å²) in [6.07, 6.45) is 0.821. The first-order chi connectivity index (χ1) is 6.19. The fourth-order valence-corrected chi connectivity index (χ4v) is 1.01. The maximum atomic E-state index is 12.8. The molecule has 0 unspecified atom stereocenters. The van der Waals surface area contributed by atoms with Crippen molar-refractivity contribution in [1.82, 2.24) is 0 Å². The van der Waals surface area contributed by atoms with Gasteiger partial charge >= 0.3 is 0 Å². The number of anilines is 1. The van der Waals surface area contributed by atoms with Gasteiger partial charge in [0.2, 0.25) is 6.41 Å². The van der Waals surface area contributed by atoms with E-state index in [1.807, 2.05) is 0 Å². The fraction of sp³-hybridized carbons (Fsp3) is 0. The van der Waals surface area contributed by atoms with Crippen LogP contribution in [0, 0.1) is 5.82 Å². The van der Waals surface area contributed by atoms with Crippen molar-refractivity contribution >= 4 is 30.0 Å². The lowest BCUT2D eigenvalue weighted by atomic mass is 10.2. The third-order valence-electron chi connectivity index (χ3n) is 1.43. The van der Waals surface area contributed by atoms with Gasteiger partial charge in [-0.15, -0.1) is 0 Å². The number of halogens is 2. The maximum Gasteiger partial charge on any atom is 0.211 e. The number of aldehydes is 1. The number of amides is 1. The standard InChI is InChI=1S/C8H5ClFNO2/c9-6-2-8(11-4-13)5(3-12)1-7(6)10/h1-4H,(H,11,13). The molecule has 1 amide bonds. The van der Waals surface area contributed by atoms with Gasteiger partial charge in [-0.3, -0.25) is 9.59 Å². The Bertz CT molecular complexity index is 354. The normalized spacial score (nSPS) is 9.38. The van der Waals surface area contributed by atoms with Gasteiger partial charge in [-0.25, -0.2) is 4.39 Å². The van der Waals surface area contributed by atoms with Crippen LogP contribution in [0.3, 0.4) is 0 Å². The first-order valence-corrected chi connectivity index (χ1v) is 3.71. The number of nitrogens with one attached hydrogen (secondary N) is 1. The van der Waals surface area contributed by atoms with E-state index in [1.165, 1.54) is 6.07 Å².